The molecular weight excluding hydrogens is 382 g/mol. The highest BCUT2D eigenvalue weighted by molar-refractivity contribution is 6.21. The zero-order valence-electron chi connectivity index (χ0n) is 16.8. The second kappa shape index (κ2) is 6.77. The third-order valence-corrected chi connectivity index (χ3v) is 6.94. The summed E-state index contributed by atoms with van der Waals surface area (Å²) in [4.78, 5) is 42.9. The van der Waals surface area contributed by atoms with Crippen LogP contribution in [-0.2, 0) is 14.3 Å². The number of carbonyl (C=O) groups excluding carboxylic acids is 3. The number of morpholine rings is 1. The van der Waals surface area contributed by atoms with Gasteiger partial charge in [0.25, 0.3) is 0 Å². The molecule has 3 atom stereocenters. The van der Waals surface area contributed by atoms with Crippen LogP contribution < -0.4 is 4.74 Å². The van der Waals surface area contributed by atoms with Gasteiger partial charge in [-0.15, -0.1) is 0 Å². The van der Waals surface area contributed by atoms with Gasteiger partial charge in [0.05, 0.1) is 18.6 Å². The summed E-state index contributed by atoms with van der Waals surface area (Å²) >= 11 is 0. The largest absolute Gasteiger partial charge is 0.425 e. The van der Waals surface area contributed by atoms with Crippen LogP contribution >= 0.6 is 0 Å². The van der Waals surface area contributed by atoms with E-state index in [2.05, 4.69) is 0 Å². The highest BCUT2D eigenvalue weighted by Gasteiger charge is 2.89. The first-order chi connectivity index (χ1) is 14.6. The Labute approximate surface area is 174 Å². The number of ketones is 1. The first kappa shape index (κ1) is 19.0. The summed E-state index contributed by atoms with van der Waals surface area (Å²) < 4.78 is 11.1. The van der Waals surface area contributed by atoms with Crippen LogP contribution in [0, 0.1) is 10.8 Å². The van der Waals surface area contributed by atoms with E-state index in [4.69, 9.17) is 9.47 Å². The van der Waals surface area contributed by atoms with Crippen LogP contribution in [0.25, 0.3) is 0 Å². The van der Waals surface area contributed by atoms with Crippen molar-refractivity contribution < 1.29 is 23.9 Å². The number of nitrogens with zero attached hydrogens (tertiary/aromatic N) is 1. The normalized spacial score (nSPS) is 29.4. The molecule has 154 valence electrons. The summed E-state index contributed by atoms with van der Waals surface area (Å²) in [6.07, 6.45) is 0.366. The molecule has 1 saturated carbocycles. The van der Waals surface area contributed by atoms with E-state index in [1.807, 2.05) is 25.1 Å². The molecule has 0 N–H and O–H groups in total. The summed E-state index contributed by atoms with van der Waals surface area (Å²) in [5.41, 5.74) is -1.42. The number of esters is 1. The van der Waals surface area contributed by atoms with E-state index >= 15 is 0 Å². The zero-order valence-corrected chi connectivity index (χ0v) is 16.8. The average molecular weight is 405 g/mol. The number of ether oxygens (including phenoxy) is 2. The molecule has 2 heterocycles. The van der Waals surface area contributed by atoms with Crippen molar-refractivity contribution in [3.05, 3.63) is 65.7 Å². The van der Waals surface area contributed by atoms with Crippen LogP contribution in [0.2, 0.25) is 0 Å². The maximum Gasteiger partial charge on any atom is 0.328 e. The van der Waals surface area contributed by atoms with Crippen molar-refractivity contribution in [1.29, 1.82) is 0 Å². The van der Waals surface area contributed by atoms with Gasteiger partial charge in [0.1, 0.15) is 5.75 Å². The fourth-order valence-corrected chi connectivity index (χ4v) is 5.54. The molecule has 0 bridgehead atoms. The van der Waals surface area contributed by atoms with Crippen molar-refractivity contribution in [2.45, 2.75) is 19.3 Å². The summed E-state index contributed by atoms with van der Waals surface area (Å²) in [6, 6.07) is 16.2. The Balaban J connectivity index is 1.70. The van der Waals surface area contributed by atoms with Gasteiger partial charge in [-0.2, -0.15) is 0 Å². The van der Waals surface area contributed by atoms with Crippen molar-refractivity contribution in [2.24, 2.45) is 10.8 Å². The second-order valence-corrected chi connectivity index (χ2v) is 8.09. The van der Waals surface area contributed by atoms with Crippen LogP contribution in [-0.4, -0.2) is 48.9 Å². The molecule has 5 rings (SSSR count). The van der Waals surface area contributed by atoms with E-state index in [9.17, 15) is 14.4 Å². The number of hydrogen-bond donors (Lipinski definition) is 0. The first-order valence-corrected chi connectivity index (χ1v) is 10.4. The maximum atomic E-state index is 13.9. The molecule has 1 saturated heterocycles. The number of carbonyl (C=O) groups is 3. The maximum absolute atomic E-state index is 13.9. The van der Waals surface area contributed by atoms with Gasteiger partial charge in [-0.1, -0.05) is 55.5 Å². The fraction of sp³-hybridized carbons (Fsp3) is 0.375. The minimum absolute atomic E-state index is 0.175. The molecule has 6 nitrogen and oxygen atoms in total. The number of fused-ring (bicyclic) bond motifs is 3. The van der Waals surface area contributed by atoms with E-state index in [0.29, 0.717) is 44.0 Å². The highest BCUT2D eigenvalue weighted by Crippen LogP contribution is 2.80. The van der Waals surface area contributed by atoms with E-state index in [1.165, 1.54) is 0 Å². The van der Waals surface area contributed by atoms with Gasteiger partial charge < -0.3 is 14.4 Å². The average Bonchev–Trinajstić information content (AvgIpc) is 3.46. The standard InChI is InChI=1S/C24H23NO5/c1-2-23(20(26)16-8-4-3-5-9-16)19-17-10-6-7-11-18(17)30-22(28)24(19,23)21(27)25-12-14-29-15-13-25/h3-11,19H,2,12-15H2,1H3/t19-,23+,24-/m0/s1. The topological polar surface area (TPSA) is 72.9 Å². The zero-order chi connectivity index (χ0) is 20.9. The van der Waals surface area contributed by atoms with Crippen molar-refractivity contribution in [3.8, 4) is 5.75 Å². The third kappa shape index (κ3) is 2.25. The van der Waals surface area contributed by atoms with Gasteiger partial charge in [0, 0.05) is 30.1 Å². The Kier molecular flexibility index (Phi) is 4.29. The van der Waals surface area contributed by atoms with Gasteiger partial charge in [-0.3, -0.25) is 14.4 Å². The predicted molar refractivity (Wildman–Crippen MR) is 108 cm³/mol. The third-order valence-electron chi connectivity index (χ3n) is 6.94. The molecule has 2 fully saturated rings. The fourth-order valence-electron chi connectivity index (χ4n) is 5.54. The van der Waals surface area contributed by atoms with Gasteiger partial charge >= 0.3 is 5.97 Å². The molecule has 6 heteroatoms. The number of amides is 1. The van der Waals surface area contributed by atoms with Crippen molar-refractivity contribution in [3.63, 3.8) is 0 Å². The van der Waals surface area contributed by atoms with E-state index in [0.717, 1.165) is 5.56 Å². The molecule has 30 heavy (non-hydrogen) atoms. The van der Waals surface area contributed by atoms with Gasteiger partial charge in [-0.05, 0) is 12.5 Å². The number of benzene rings is 2. The number of para-hydroxylation sites is 1. The molecule has 0 unspecified atom stereocenters. The Hall–Kier alpha value is -2.99. The predicted octanol–water partition coefficient (Wildman–Crippen LogP) is 2.83. The summed E-state index contributed by atoms with van der Waals surface area (Å²) in [6.45, 7) is 3.53. The van der Waals surface area contributed by atoms with Crippen molar-refractivity contribution >= 4 is 17.7 Å². The lowest BCUT2D eigenvalue weighted by Gasteiger charge is -2.32. The van der Waals surface area contributed by atoms with E-state index in [-0.39, 0.29) is 11.7 Å². The number of rotatable bonds is 4. The Bertz CT molecular complexity index is 1030. The van der Waals surface area contributed by atoms with Crippen molar-refractivity contribution in [2.75, 3.05) is 26.3 Å². The second-order valence-electron chi connectivity index (χ2n) is 8.09. The summed E-state index contributed by atoms with van der Waals surface area (Å²) in [7, 11) is 0. The van der Waals surface area contributed by atoms with Gasteiger partial charge in [0.2, 0.25) is 5.91 Å². The molecule has 2 aliphatic heterocycles. The van der Waals surface area contributed by atoms with E-state index in [1.54, 1.807) is 41.3 Å². The Morgan fingerprint density at radius 3 is 2.40 bits per heavy atom. The molecule has 1 amide bonds. The quantitative estimate of drug-likeness (QED) is 0.339. The molecule has 2 aromatic rings. The monoisotopic (exact) mass is 405 g/mol. The van der Waals surface area contributed by atoms with Crippen LogP contribution in [0.5, 0.6) is 5.75 Å². The number of Topliss-reactive ketones (excluding diaryl/α,β-unsaturated/α-hetero) is 1. The van der Waals surface area contributed by atoms with E-state index < -0.39 is 22.7 Å². The molecule has 0 spiro atoms. The van der Waals surface area contributed by atoms with Crippen LogP contribution in [0.15, 0.2) is 54.6 Å². The molecule has 1 aliphatic carbocycles. The molecule has 3 aliphatic rings. The minimum atomic E-state index is -1.53. The molecule has 0 radical (unpaired) electrons. The van der Waals surface area contributed by atoms with Crippen LogP contribution in [0.1, 0.15) is 35.2 Å². The first-order valence-electron chi connectivity index (χ1n) is 10.4. The Morgan fingerprint density at radius 2 is 1.70 bits per heavy atom. The SMILES string of the molecule is CC[C@]1(C(=O)c2ccccc2)[C@@H]2c3ccccc3OC(=O)[C@@]21C(=O)N1CCOCC1. The van der Waals surface area contributed by atoms with Crippen LogP contribution in [0.4, 0.5) is 0 Å². The lowest BCUT2D eigenvalue weighted by atomic mass is 9.82. The number of hydrogen-bond acceptors (Lipinski definition) is 5. The lowest BCUT2D eigenvalue weighted by Crippen LogP contribution is -2.51. The minimum Gasteiger partial charge on any atom is -0.425 e. The van der Waals surface area contributed by atoms with Crippen LogP contribution in [0.3, 0.4) is 0 Å². The molecular formula is C24H23NO5. The lowest BCUT2D eigenvalue weighted by molar-refractivity contribution is -0.156. The molecule has 0 aromatic heterocycles. The summed E-state index contributed by atoms with van der Waals surface area (Å²) in [5.74, 6) is -1.20. The Morgan fingerprint density at radius 1 is 1.03 bits per heavy atom. The smallest absolute Gasteiger partial charge is 0.328 e. The van der Waals surface area contributed by atoms with Gasteiger partial charge in [0.15, 0.2) is 11.2 Å². The molecule has 2 aromatic carbocycles. The highest BCUT2D eigenvalue weighted by atomic mass is 16.5. The van der Waals surface area contributed by atoms with Crippen molar-refractivity contribution in [1.82, 2.24) is 4.90 Å². The van der Waals surface area contributed by atoms with Gasteiger partial charge in [-0.25, -0.2) is 0 Å². The summed E-state index contributed by atoms with van der Waals surface area (Å²) in [5, 5.41) is 0.